The molecule has 4 atom stereocenters. The SMILES string of the molecule is O=S1(=O)CCNCC1C1CNC(C2CNc3ccccc3C2)CS1. The van der Waals surface area contributed by atoms with Crippen LogP contribution in [0, 0.1) is 5.92 Å². The first-order valence-electron chi connectivity index (χ1n) is 8.72. The second-order valence-electron chi connectivity index (χ2n) is 7.00. The smallest absolute Gasteiger partial charge is 0.156 e. The van der Waals surface area contributed by atoms with E-state index < -0.39 is 9.84 Å². The molecule has 0 aromatic heterocycles. The molecule has 3 aliphatic rings. The molecule has 3 N–H and O–H groups in total. The molecular formula is C17H25N3O2S2. The molecule has 0 radical (unpaired) electrons. The van der Waals surface area contributed by atoms with Crippen LogP contribution in [0.2, 0.25) is 0 Å². The van der Waals surface area contributed by atoms with Gasteiger partial charge >= 0.3 is 0 Å². The minimum Gasteiger partial charge on any atom is -0.384 e. The summed E-state index contributed by atoms with van der Waals surface area (Å²) in [6, 6.07) is 8.97. The quantitative estimate of drug-likeness (QED) is 0.716. The third-order valence-electron chi connectivity index (χ3n) is 5.48. The number of thioether (sulfide) groups is 1. The van der Waals surface area contributed by atoms with Crippen LogP contribution in [0.15, 0.2) is 24.3 Å². The van der Waals surface area contributed by atoms with Crippen molar-refractivity contribution in [3.05, 3.63) is 29.8 Å². The number of hydrogen-bond acceptors (Lipinski definition) is 6. The van der Waals surface area contributed by atoms with Gasteiger partial charge in [-0.2, -0.15) is 11.8 Å². The monoisotopic (exact) mass is 367 g/mol. The number of anilines is 1. The lowest BCUT2D eigenvalue weighted by molar-refractivity contribution is 0.373. The van der Waals surface area contributed by atoms with Gasteiger partial charge in [0.1, 0.15) is 0 Å². The maximum absolute atomic E-state index is 12.3. The van der Waals surface area contributed by atoms with E-state index in [1.54, 1.807) is 0 Å². The molecule has 1 aromatic carbocycles. The fourth-order valence-electron chi connectivity index (χ4n) is 4.00. The van der Waals surface area contributed by atoms with E-state index in [2.05, 4.69) is 40.2 Å². The van der Waals surface area contributed by atoms with Gasteiger partial charge in [-0.3, -0.25) is 0 Å². The Balaban J connectivity index is 1.37. The first-order chi connectivity index (χ1) is 11.6. The van der Waals surface area contributed by atoms with Gasteiger partial charge in [0.15, 0.2) is 9.84 Å². The van der Waals surface area contributed by atoms with Gasteiger partial charge in [-0.25, -0.2) is 8.42 Å². The van der Waals surface area contributed by atoms with E-state index in [1.165, 1.54) is 11.3 Å². The van der Waals surface area contributed by atoms with E-state index in [1.807, 2.05) is 11.8 Å². The number of fused-ring (bicyclic) bond motifs is 1. The third kappa shape index (κ3) is 3.31. The molecular weight excluding hydrogens is 342 g/mol. The molecule has 0 aliphatic carbocycles. The van der Waals surface area contributed by atoms with Crippen LogP contribution in [0.3, 0.4) is 0 Å². The van der Waals surface area contributed by atoms with Crippen molar-refractivity contribution >= 4 is 27.3 Å². The van der Waals surface area contributed by atoms with Crippen molar-refractivity contribution in [2.75, 3.05) is 43.0 Å². The Morgan fingerprint density at radius 1 is 1.12 bits per heavy atom. The van der Waals surface area contributed by atoms with E-state index in [4.69, 9.17) is 0 Å². The summed E-state index contributed by atoms with van der Waals surface area (Å²) >= 11 is 1.85. The molecule has 4 rings (SSSR count). The van der Waals surface area contributed by atoms with Crippen molar-refractivity contribution in [2.24, 2.45) is 5.92 Å². The molecule has 3 heterocycles. The molecule has 0 saturated carbocycles. The standard InChI is InChI=1S/C17H25N3O2S2/c21-24(22)6-5-18-10-17(24)16-9-20-15(11-23-16)13-7-12-3-1-2-4-14(12)19-8-13/h1-4,13,15-20H,5-11H2. The van der Waals surface area contributed by atoms with Crippen LogP contribution in [0.5, 0.6) is 0 Å². The average molecular weight is 368 g/mol. The number of rotatable bonds is 2. The fraction of sp³-hybridized carbons (Fsp3) is 0.647. The van der Waals surface area contributed by atoms with Gasteiger partial charge in [-0.1, -0.05) is 18.2 Å². The number of sulfone groups is 1. The van der Waals surface area contributed by atoms with Crippen molar-refractivity contribution in [1.29, 1.82) is 0 Å². The Bertz CT molecular complexity index is 687. The summed E-state index contributed by atoms with van der Waals surface area (Å²) in [6.07, 6.45) is 1.09. The third-order valence-corrected chi connectivity index (χ3v) is 9.32. The molecule has 24 heavy (non-hydrogen) atoms. The minimum absolute atomic E-state index is 0.169. The van der Waals surface area contributed by atoms with Crippen LogP contribution < -0.4 is 16.0 Å². The van der Waals surface area contributed by atoms with Gasteiger partial charge in [-0.05, 0) is 24.0 Å². The van der Waals surface area contributed by atoms with E-state index in [0.29, 0.717) is 25.0 Å². The maximum atomic E-state index is 12.3. The van der Waals surface area contributed by atoms with Gasteiger partial charge in [-0.15, -0.1) is 0 Å². The zero-order chi connectivity index (χ0) is 16.6. The summed E-state index contributed by atoms with van der Waals surface area (Å²) in [7, 11) is -2.94. The van der Waals surface area contributed by atoms with E-state index in [9.17, 15) is 8.42 Å². The van der Waals surface area contributed by atoms with Crippen molar-refractivity contribution in [2.45, 2.75) is 23.0 Å². The molecule has 4 unspecified atom stereocenters. The normalized spacial score (nSPS) is 35.7. The van der Waals surface area contributed by atoms with Crippen molar-refractivity contribution in [3.8, 4) is 0 Å². The lowest BCUT2D eigenvalue weighted by atomic mass is 9.88. The van der Waals surface area contributed by atoms with Crippen LogP contribution in [0.4, 0.5) is 5.69 Å². The Morgan fingerprint density at radius 3 is 2.79 bits per heavy atom. The Morgan fingerprint density at radius 2 is 2.00 bits per heavy atom. The Hall–Kier alpha value is -0.760. The van der Waals surface area contributed by atoms with Gasteiger partial charge in [0.2, 0.25) is 0 Å². The van der Waals surface area contributed by atoms with Crippen LogP contribution in [0.1, 0.15) is 5.56 Å². The zero-order valence-electron chi connectivity index (χ0n) is 13.7. The first kappa shape index (κ1) is 16.7. The summed E-state index contributed by atoms with van der Waals surface area (Å²) in [4.78, 5) is 0. The summed E-state index contributed by atoms with van der Waals surface area (Å²) in [5, 5.41) is 10.4. The van der Waals surface area contributed by atoms with E-state index in [-0.39, 0.29) is 16.3 Å². The van der Waals surface area contributed by atoms with E-state index >= 15 is 0 Å². The first-order valence-corrected chi connectivity index (χ1v) is 11.5. The second kappa shape index (κ2) is 6.86. The Kier molecular flexibility index (Phi) is 4.77. The van der Waals surface area contributed by atoms with Crippen molar-refractivity contribution < 1.29 is 8.42 Å². The summed E-state index contributed by atoms with van der Waals surface area (Å²) in [5.74, 6) is 1.83. The molecule has 0 amide bonds. The van der Waals surface area contributed by atoms with Crippen LogP contribution >= 0.6 is 11.8 Å². The predicted octanol–water partition coefficient (Wildman–Crippen LogP) is 0.731. The van der Waals surface area contributed by atoms with Crippen LogP contribution in [-0.4, -0.2) is 62.6 Å². The van der Waals surface area contributed by atoms with Crippen molar-refractivity contribution in [3.63, 3.8) is 0 Å². The summed E-state index contributed by atoms with van der Waals surface area (Å²) in [5.41, 5.74) is 2.65. The number of nitrogens with one attached hydrogen (secondary N) is 3. The van der Waals surface area contributed by atoms with Gasteiger partial charge < -0.3 is 16.0 Å². The maximum Gasteiger partial charge on any atom is 0.156 e. The average Bonchev–Trinajstić information content (AvgIpc) is 2.61. The topological polar surface area (TPSA) is 70.2 Å². The van der Waals surface area contributed by atoms with Gasteiger partial charge in [0.05, 0.1) is 11.0 Å². The number of benzene rings is 1. The number of hydrogen-bond donors (Lipinski definition) is 3. The zero-order valence-corrected chi connectivity index (χ0v) is 15.3. The highest BCUT2D eigenvalue weighted by atomic mass is 32.2. The highest BCUT2D eigenvalue weighted by Gasteiger charge is 2.39. The van der Waals surface area contributed by atoms with E-state index in [0.717, 1.165) is 25.3 Å². The minimum atomic E-state index is -2.94. The molecule has 132 valence electrons. The van der Waals surface area contributed by atoms with Crippen LogP contribution in [0.25, 0.3) is 0 Å². The molecule has 0 bridgehead atoms. The number of para-hydroxylation sites is 1. The summed E-state index contributed by atoms with van der Waals surface area (Å²) < 4.78 is 24.6. The van der Waals surface area contributed by atoms with Gasteiger partial charge in [0.25, 0.3) is 0 Å². The largest absolute Gasteiger partial charge is 0.384 e. The molecule has 1 aromatic rings. The lowest BCUT2D eigenvalue weighted by Crippen LogP contribution is -2.56. The summed E-state index contributed by atoms with van der Waals surface area (Å²) in [6.45, 7) is 2.98. The predicted molar refractivity (Wildman–Crippen MR) is 101 cm³/mol. The molecule has 2 saturated heterocycles. The molecule has 7 heteroatoms. The second-order valence-corrected chi connectivity index (χ2v) is 10.6. The Labute approximate surface area is 148 Å². The fourth-order valence-corrected chi connectivity index (χ4v) is 7.78. The molecule has 0 spiro atoms. The highest BCUT2D eigenvalue weighted by Crippen LogP contribution is 2.31. The van der Waals surface area contributed by atoms with Crippen LogP contribution in [-0.2, 0) is 16.3 Å². The van der Waals surface area contributed by atoms with Gasteiger partial charge in [0, 0.05) is 48.9 Å². The lowest BCUT2D eigenvalue weighted by Gasteiger charge is -2.40. The highest BCUT2D eigenvalue weighted by molar-refractivity contribution is 8.01. The molecule has 3 aliphatic heterocycles. The molecule has 2 fully saturated rings. The van der Waals surface area contributed by atoms with Crippen molar-refractivity contribution in [1.82, 2.24) is 10.6 Å². The molecule has 5 nitrogen and oxygen atoms in total.